The van der Waals surface area contributed by atoms with E-state index in [0.717, 1.165) is 44.6 Å². The Bertz CT molecular complexity index is 1000. The van der Waals surface area contributed by atoms with E-state index >= 15 is 0 Å². The van der Waals surface area contributed by atoms with Gasteiger partial charge in [-0.1, -0.05) is 24.3 Å². The van der Waals surface area contributed by atoms with Gasteiger partial charge in [0.05, 0.1) is 12.6 Å². The third-order valence-corrected chi connectivity index (χ3v) is 7.62. The van der Waals surface area contributed by atoms with E-state index in [0.29, 0.717) is 50.6 Å². The maximum atomic E-state index is 14.4. The molecular weight excluding hydrogens is 457 g/mol. The Kier molecular flexibility index (Phi) is 9.18. The van der Waals surface area contributed by atoms with Crippen LogP contribution in [-0.4, -0.2) is 79.1 Å². The molecular formula is C28H40FN5O2. The lowest BCUT2D eigenvalue weighted by molar-refractivity contribution is -0.136. The number of piperazine rings is 1. The number of nitrogen functional groups attached to an aromatic ring is 1. The second-order valence-corrected chi connectivity index (χ2v) is 9.90. The van der Waals surface area contributed by atoms with Gasteiger partial charge in [-0.25, -0.2) is 4.39 Å². The van der Waals surface area contributed by atoms with Crippen molar-refractivity contribution < 1.29 is 13.9 Å². The molecule has 0 unspecified atom stereocenters. The summed E-state index contributed by atoms with van der Waals surface area (Å²) < 4.78 is 20.0. The van der Waals surface area contributed by atoms with Gasteiger partial charge in [0.1, 0.15) is 11.6 Å². The number of benzene rings is 2. The fourth-order valence-electron chi connectivity index (χ4n) is 5.32. The Morgan fingerprint density at radius 1 is 1.03 bits per heavy atom. The second kappa shape index (κ2) is 12.5. The molecule has 8 heteroatoms. The van der Waals surface area contributed by atoms with Crippen LogP contribution in [0, 0.1) is 11.7 Å². The van der Waals surface area contributed by atoms with Crippen molar-refractivity contribution in [3.63, 3.8) is 0 Å². The van der Waals surface area contributed by atoms with Crippen molar-refractivity contribution in [1.82, 2.24) is 14.7 Å². The van der Waals surface area contributed by atoms with Crippen molar-refractivity contribution in [2.45, 2.75) is 38.8 Å². The molecule has 36 heavy (non-hydrogen) atoms. The van der Waals surface area contributed by atoms with Crippen LogP contribution in [0.5, 0.6) is 5.75 Å². The zero-order valence-electron chi connectivity index (χ0n) is 21.4. The normalized spacial score (nSPS) is 18.8. The first kappa shape index (κ1) is 26.4. The number of anilines is 1. The van der Waals surface area contributed by atoms with Crippen LogP contribution in [0.1, 0.15) is 30.9 Å². The molecule has 0 radical (unpaired) electrons. The van der Waals surface area contributed by atoms with Crippen molar-refractivity contribution in [3.8, 4) is 5.75 Å². The van der Waals surface area contributed by atoms with Crippen molar-refractivity contribution >= 4 is 11.6 Å². The van der Waals surface area contributed by atoms with Gasteiger partial charge in [-0.2, -0.15) is 0 Å². The van der Waals surface area contributed by atoms with Gasteiger partial charge in [0.2, 0.25) is 5.91 Å². The fraction of sp³-hybridized carbons (Fsp3) is 0.536. The van der Waals surface area contributed by atoms with E-state index in [1.165, 1.54) is 11.6 Å². The van der Waals surface area contributed by atoms with Gasteiger partial charge in [-0.15, -0.1) is 0 Å². The molecule has 4 rings (SSSR count). The minimum Gasteiger partial charge on any atom is -0.493 e. The number of carbonyl (C=O) groups excluding carboxylic acids is 1. The maximum Gasteiger partial charge on any atom is 0.239 e. The summed E-state index contributed by atoms with van der Waals surface area (Å²) in [4.78, 5) is 19.7. The molecule has 0 saturated carbocycles. The van der Waals surface area contributed by atoms with Crippen LogP contribution >= 0.6 is 0 Å². The average molecular weight is 498 g/mol. The third kappa shape index (κ3) is 6.55. The fourth-order valence-corrected chi connectivity index (χ4v) is 5.32. The maximum absolute atomic E-state index is 14.4. The Morgan fingerprint density at radius 2 is 1.75 bits per heavy atom. The number of halogens is 1. The lowest BCUT2D eigenvalue weighted by Crippen LogP contribution is -2.55. The molecule has 1 atom stereocenters. The molecule has 0 aromatic heterocycles. The molecule has 2 saturated heterocycles. The summed E-state index contributed by atoms with van der Waals surface area (Å²) in [5, 5.41) is 0. The molecule has 1 amide bonds. The Morgan fingerprint density at radius 3 is 2.44 bits per heavy atom. The SMILES string of the molecule is CCOc1cccc(F)c1CN1CCN(C(=O)[C@H](N)C2CCN(CCc3ccccc3N)CC2)CC1. The first-order chi connectivity index (χ1) is 17.5. The zero-order chi connectivity index (χ0) is 25.5. The lowest BCUT2D eigenvalue weighted by atomic mass is 9.88. The van der Waals surface area contributed by atoms with Gasteiger partial charge in [0.25, 0.3) is 0 Å². The number of nitrogens with zero attached hydrogens (tertiary/aromatic N) is 3. The molecule has 2 aliphatic rings. The summed E-state index contributed by atoms with van der Waals surface area (Å²) in [5.41, 5.74) is 15.2. The highest BCUT2D eigenvalue weighted by atomic mass is 19.1. The van der Waals surface area contributed by atoms with E-state index in [2.05, 4.69) is 15.9 Å². The highest BCUT2D eigenvalue weighted by Crippen LogP contribution is 2.25. The van der Waals surface area contributed by atoms with Gasteiger partial charge in [-0.05, 0) is 69.0 Å². The number of carbonyl (C=O) groups is 1. The second-order valence-electron chi connectivity index (χ2n) is 9.90. The molecule has 196 valence electrons. The van der Waals surface area contributed by atoms with Gasteiger partial charge in [0.15, 0.2) is 0 Å². The van der Waals surface area contributed by atoms with E-state index in [-0.39, 0.29) is 17.6 Å². The zero-order valence-corrected chi connectivity index (χ0v) is 21.4. The first-order valence-corrected chi connectivity index (χ1v) is 13.2. The number of hydrogen-bond acceptors (Lipinski definition) is 6. The summed E-state index contributed by atoms with van der Waals surface area (Å²) in [6.07, 6.45) is 2.81. The number of likely N-dealkylation sites (tertiary alicyclic amines) is 1. The molecule has 0 aliphatic carbocycles. The number of hydrogen-bond donors (Lipinski definition) is 2. The Balaban J connectivity index is 1.21. The van der Waals surface area contributed by atoms with E-state index in [1.807, 2.05) is 36.1 Å². The van der Waals surface area contributed by atoms with E-state index in [1.54, 1.807) is 6.07 Å². The van der Waals surface area contributed by atoms with Crippen molar-refractivity contribution in [2.24, 2.45) is 11.7 Å². The van der Waals surface area contributed by atoms with E-state index in [9.17, 15) is 9.18 Å². The van der Waals surface area contributed by atoms with Crippen LogP contribution in [0.2, 0.25) is 0 Å². The predicted octanol–water partition coefficient (Wildman–Crippen LogP) is 2.73. The molecule has 2 fully saturated rings. The Hall–Kier alpha value is -2.68. The average Bonchev–Trinajstić information content (AvgIpc) is 2.90. The van der Waals surface area contributed by atoms with Crippen LogP contribution < -0.4 is 16.2 Å². The number of nitrogens with two attached hydrogens (primary N) is 2. The summed E-state index contributed by atoms with van der Waals surface area (Å²) >= 11 is 0. The summed E-state index contributed by atoms with van der Waals surface area (Å²) in [5.74, 6) is 0.600. The van der Waals surface area contributed by atoms with Crippen molar-refractivity contribution in [3.05, 3.63) is 59.4 Å². The van der Waals surface area contributed by atoms with Gasteiger partial charge in [0, 0.05) is 50.5 Å². The molecule has 2 heterocycles. The standard InChI is InChI=1S/C28H40FN5O2/c1-2-36-26-9-5-7-24(29)23(26)20-33-16-18-34(19-17-33)28(35)27(31)22-11-14-32(15-12-22)13-10-21-6-3-4-8-25(21)30/h3-9,22,27H,2,10-20,30-31H2,1H3/t27-/m1/s1. The van der Waals surface area contributed by atoms with Crippen LogP contribution in [0.25, 0.3) is 0 Å². The largest absolute Gasteiger partial charge is 0.493 e. The third-order valence-electron chi connectivity index (χ3n) is 7.62. The molecule has 7 nitrogen and oxygen atoms in total. The molecule has 2 aliphatic heterocycles. The number of rotatable bonds is 9. The Labute approximate surface area is 214 Å². The molecule has 0 spiro atoms. The van der Waals surface area contributed by atoms with Crippen LogP contribution in [0.4, 0.5) is 10.1 Å². The number of piperidine rings is 1. The minimum atomic E-state index is -0.459. The first-order valence-electron chi connectivity index (χ1n) is 13.2. The number of amides is 1. The summed E-state index contributed by atoms with van der Waals surface area (Å²) in [6.45, 7) is 8.37. The molecule has 2 aromatic rings. The van der Waals surface area contributed by atoms with Gasteiger partial charge >= 0.3 is 0 Å². The van der Waals surface area contributed by atoms with Crippen molar-refractivity contribution in [1.29, 1.82) is 0 Å². The van der Waals surface area contributed by atoms with Crippen LogP contribution in [0.15, 0.2) is 42.5 Å². The molecule has 2 aromatic carbocycles. The summed E-state index contributed by atoms with van der Waals surface area (Å²) in [7, 11) is 0. The molecule has 4 N–H and O–H groups in total. The van der Waals surface area contributed by atoms with Crippen LogP contribution in [-0.2, 0) is 17.8 Å². The monoisotopic (exact) mass is 497 g/mol. The predicted molar refractivity (Wildman–Crippen MR) is 141 cm³/mol. The van der Waals surface area contributed by atoms with E-state index in [4.69, 9.17) is 16.2 Å². The van der Waals surface area contributed by atoms with E-state index < -0.39 is 6.04 Å². The van der Waals surface area contributed by atoms with Gasteiger partial charge < -0.3 is 26.0 Å². The number of para-hydroxylation sites is 1. The van der Waals surface area contributed by atoms with Crippen molar-refractivity contribution in [2.75, 3.05) is 58.2 Å². The smallest absolute Gasteiger partial charge is 0.239 e. The molecule has 0 bridgehead atoms. The van der Waals surface area contributed by atoms with Gasteiger partial charge in [-0.3, -0.25) is 9.69 Å². The number of ether oxygens (including phenoxy) is 1. The van der Waals surface area contributed by atoms with Crippen LogP contribution in [0.3, 0.4) is 0 Å². The highest BCUT2D eigenvalue weighted by molar-refractivity contribution is 5.82. The topological polar surface area (TPSA) is 88.1 Å². The lowest BCUT2D eigenvalue weighted by Gasteiger charge is -2.39. The quantitative estimate of drug-likeness (QED) is 0.518. The minimum absolute atomic E-state index is 0.0473. The summed E-state index contributed by atoms with van der Waals surface area (Å²) in [6, 6.07) is 12.5. The highest BCUT2D eigenvalue weighted by Gasteiger charge is 2.33.